The Balaban J connectivity index is 0.000000219. The molecule has 0 heterocycles. The SMILES string of the molecule is CCCC(O)C(C)C(O)CC.O=P(O)(c1ccccc1)c1ccccc1.O=P(O)(c1ccccc1)c1ccccc1. The van der Waals surface area contributed by atoms with Gasteiger partial charge in [-0.3, -0.25) is 9.13 Å². The molecule has 3 unspecified atom stereocenters. The number of rotatable bonds is 9. The van der Waals surface area contributed by atoms with Crippen LogP contribution >= 0.6 is 14.7 Å². The van der Waals surface area contributed by atoms with Crippen LogP contribution in [0.15, 0.2) is 121 Å². The fourth-order valence-corrected chi connectivity index (χ4v) is 6.91. The first-order chi connectivity index (χ1) is 19.6. The van der Waals surface area contributed by atoms with Crippen LogP contribution in [0.2, 0.25) is 0 Å². The largest absolute Gasteiger partial charge is 0.393 e. The van der Waals surface area contributed by atoms with Crippen molar-refractivity contribution in [3.63, 3.8) is 0 Å². The number of aliphatic hydroxyl groups excluding tert-OH is 2. The first-order valence-electron chi connectivity index (χ1n) is 13.8. The van der Waals surface area contributed by atoms with Crippen LogP contribution in [0.25, 0.3) is 0 Å². The molecule has 8 heteroatoms. The van der Waals surface area contributed by atoms with E-state index in [0.717, 1.165) is 19.3 Å². The minimum atomic E-state index is -3.40. The lowest BCUT2D eigenvalue weighted by Crippen LogP contribution is -2.28. The van der Waals surface area contributed by atoms with Gasteiger partial charge >= 0.3 is 0 Å². The van der Waals surface area contributed by atoms with Gasteiger partial charge in [0.25, 0.3) is 14.7 Å². The van der Waals surface area contributed by atoms with E-state index in [2.05, 4.69) is 0 Å². The summed E-state index contributed by atoms with van der Waals surface area (Å²) in [5, 5.41) is 20.7. The van der Waals surface area contributed by atoms with Gasteiger partial charge in [-0.2, -0.15) is 0 Å². The van der Waals surface area contributed by atoms with Crippen molar-refractivity contribution in [3.8, 4) is 0 Å². The highest BCUT2D eigenvalue weighted by molar-refractivity contribution is 7.73. The first kappa shape index (κ1) is 34.4. The Hall–Kier alpha value is -2.82. The Kier molecular flexibility index (Phi) is 14.4. The average Bonchev–Trinajstić information content (AvgIpc) is 3.02. The van der Waals surface area contributed by atoms with E-state index in [-0.39, 0.29) is 18.1 Å². The zero-order valence-electron chi connectivity index (χ0n) is 23.9. The van der Waals surface area contributed by atoms with E-state index in [1.807, 2.05) is 45.0 Å². The number of aliphatic hydroxyl groups is 2. The molecule has 6 nitrogen and oxygen atoms in total. The fourth-order valence-electron chi connectivity index (χ4n) is 4.01. The molecule has 0 saturated carbocycles. The van der Waals surface area contributed by atoms with Gasteiger partial charge in [-0.05, 0) is 61.4 Å². The summed E-state index contributed by atoms with van der Waals surface area (Å²) in [7, 11) is -6.79. The molecule has 0 radical (unpaired) electrons. The third-order valence-electron chi connectivity index (χ3n) is 6.64. The summed E-state index contributed by atoms with van der Waals surface area (Å²) >= 11 is 0. The van der Waals surface area contributed by atoms with Gasteiger partial charge in [-0.15, -0.1) is 0 Å². The van der Waals surface area contributed by atoms with Crippen LogP contribution in [0.5, 0.6) is 0 Å². The highest BCUT2D eigenvalue weighted by Gasteiger charge is 2.24. The van der Waals surface area contributed by atoms with Crippen LogP contribution < -0.4 is 21.2 Å². The minimum Gasteiger partial charge on any atom is -0.393 e. The minimum absolute atomic E-state index is 0.0138. The van der Waals surface area contributed by atoms with E-state index in [1.54, 1.807) is 97.1 Å². The van der Waals surface area contributed by atoms with E-state index < -0.39 is 14.7 Å². The van der Waals surface area contributed by atoms with Gasteiger partial charge in [0.05, 0.1) is 12.2 Å². The average molecular weight is 597 g/mol. The molecule has 4 N–H and O–H groups in total. The summed E-state index contributed by atoms with van der Waals surface area (Å²) in [6.45, 7) is 5.86. The van der Waals surface area contributed by atoms with E-state index in [4.69, 9.17) is 0 Å². The predicted molar refractivity (Wildman–Crippen MR) is 170 cm³/mol. The van der Waals surface area contributed by atoms with Crippen molar-refractivity contribution in [2.75, 3.05) is 0 Å². The van der Waals surface area contributed by atoms with Crippen molar-refractivity contribution < 1.29 is 29.1 Å². The molecular weight excluding hydrogens is 554 g/mol. The highest BCUT2D eigenvalue weighted by Crippen LogP contribution is 2.38. The lowest BCUT2D eigenvalue weighted by Gasteiger charge is -2.22. The molecule has 3 atom stereocenters. The Morgan fingerprint density at radius 1 is 0.537 bits per heavy atom. The standard InChI is InChI=1S/2C12H11O2P.C9H20O2/c2*13-15(14,11-7-3-1-4-8-11)12-9-5-2-6-10-12;1-4-6-9(11)7(3)8(10)5-2/h2*1-10H,(H,13,14);7-11H,4-6H2,1-3H3. The second-order valence-electron chi connectivity index (χ2n) is 9.68. The molecule has 4 aromatic rings. The van der Waals surface area contributed by atoms with Gasteiger partial charge in [0.1, 0.15) is 0 Å². The van der Waals surface area contributed by atoms with Gasteiger partial charge in [-0.1, -0.05) is 100.0 Å². The van der Waals surface area contributed by atoms with E-state index in [0.29, 0.717) is 21.2 Å². The smallest absolute Gasteiger partial charge is 0.258 e. The molecule has 0 amide bonds. The summed E-state index contributed by atoms with van der Waals surface area (Å²) < 4.78 is 24.3. The maximum atomic E-state index is 12.2. The highest BCUT2D eigenvalue weighted by atomic mass is 31.2. The molecule has 0 fully saturated rings. The molecule has 0 spiro atoms. The van der Waals surface area contributed by atoms with Crippen LogP contribution in [0.3, 0.4) is 0 Å². The Labute approximate surface area is 244 Å². The summed E-state index contributed by atoms with van der Waals surface area (Å²) in [6.07, 6.45) is 1.80. The first-order valence-corrected chi connectivity index (χ1v) is 17.1. The third-order valence-corrected chi connectivity index (χ3v) is 10.6. The normalized spacial score (nSPS) is 13.4. The monoisotopic (exact) mass is 596 g/mol. The quantitative estimate of drug-likeness (QED) is 0.193. The molecule has 220 valence electrons. The van der Waals surface area contributed by atoms with E-state index in [1.165, 1.54) is 0 Å². The lowest BCUT2D eigenvalue weighted by atomic mass is 9.94. The Morgan fingerprint density at radius 3 is 1.02 bits per heavy atom. The Morgan fingerprint density at radius 2 is 0.805 bits per heavy atom. The molecule has 0 aromatic heterocycles. The number of hydrogen-bond donors (Lipinski definition) is 4. The van der Waals surface area contributed by atoms with Gasteiger partial charge in [0.15, 0.2) is 0 Å². The van der Waals surface area contributed by atoms with Gasteiger partial charge in [0, 0.05) is 27.1 Å². The van der Waals surface area contributed by atoms with Crippen molar-refractivity contribution in [1.82, 2.24) is 0 Å². The topological polar surface area (TPSA) is 115 Å². The van der Waals surface area contributed by atoms with Crippen molar-refractivity contribution in [2.45, 2.75) is 52.2 Å². The zero-order valence-corrected chi connectivity index (χ0v) is 25.7. The number of benzene rings is 4. The van der Waals surface area contributed by atoms with Crippen LogP contribution in [-0.2, 0) is 9.13 Å². The van der Waals surface area contributed by atoms with Gasteiger partial charge in [0.2, 0.25) is 0 Å². The maximum absolute atomic E-state index is 12.2. The van der Waals surface area contributed by atoms with E-state index >= 15 is 0 Å². The van der Waals surface area contributed by atoms with E-state index in [9.17, 15) is 29.1 Å². The van der Waals surface area contributed by atoms with Gasteiger partial charge in [-0.25, -0.2) is 0 Å². The van der Waals surface area contributed by atoms with Crippen molar-refractivity contribution in [2.24, 2.45) is 5.92 Å². The van der Waals surface area contributed by atoms with Crippen LogP contribution in [0, 0.1) is 5.92 Å². The number of hydrogen-bond acceptors (Lipinski definition) is 4. The second-order valence-corrected chi connectivity index (χ2v) is 14.1. The lowest BCUT2D eigenvalue weighted by molar-refractivity contribution is 0.0159. The van der Waals surface area contributed by atoms with Crippen LogP contribution in [0.4, 0.5) is 0 Å². The summed E-state index contributed by atoms with van der Waals surface area (Å²) in [4.78, 5) is 20.0. The summed E-state index contributed by atoms with van der Waals surface area (Å²) in [5.74, 6) is 0.0138. The maximum Gasteiger partial charge on any atom is 0.258 e. The molecular formula is C33H42O6P2. The van der Waals surface area contributed by atoms with Crippen molar-refractivity contribution in [1.29, 1.82) is 0 Å². The molecule has 4 rings (SSSR count). The van der Waals surface area contributed by atoms with Crippen molar-refractivity contribution in [3.05, 3.63) is 121 Å². The molecule has 0 saturated heterocycles. The van der Waals surface area contributed by atoms with Crippen molar-refractivity contribution >= 4 is 36.0 Å². The molecule has 0 aliphatic carbocycles. The zero-order chi connectivity index (χ0) is 30.3. The van der Waals surface area contributed by atoms with Crippen LogP contribution in [0.1, 0.15) is 40.0 Å². The van der Waals surface area contributed by atoms with Gasteiger partial charge < -0.3 is 20.0 Å². The predicted octanol–water partition coefficient (Wildman–Crippen LogP) is 5.37. The molecule has 41 heavy (non-hydrogen) atoms. The summed E-state index contributed by atoms with van der Waals surface area (Å²) in [6, 6.07) is 34.8. The molecule has 0 aliphatic rings. The molecule has 4 aromatic carbocycles. The Bertz CT molecular complexity index is 1170. The molecule has 0 aliphatic heterocycles. The molecule has 0 bridgehead atoms. The van der Waals surface area contributed by atoms with Crippen LogP contribution in [-0.4, -0.2) is 32.2 Å². The fraction of sp³-hybridized carbons (Fsp3) is 0.273. The summed E-state index contributed by atoms with van der Waals surface area (Å²) in [5.41, 5.74) is 0. The third kappa shape index (κ3) is 10.5. The second kappa shape index (κ2) is 17.2.